The summed E-state index contributed by atoms with van der Waals surface area (Å²) in [6.45, 7) is 4.83. The van der Waals surface area contributed by atoms with Gasteiger partial charge in [-0.05, 0) is 37.6 Å². The Morgan fingerprint density at radius 3 is 2.47 bits per heavy atom. The molecule has 1 rings (SSSR count). The van der Waals surface area contributed by atoms with Crippen molar-refractivity contribution in [1.82, 2.24) is 0 Å². The van der Waals surface area contributed by atoms with E-state index in [9.17, 15) is 9.90 Å². The van der Waals surface area contributed by atoms with Crippen LogP contribution in [0.15, 0.2) is 24.3 Å². The van der Waals surface area contributed by atoms with Gasteiger partial charge in [-0.2, -0.15) is 0 Å². The molecule has 0 radical (unpaired) electrons. The van der Waals surface area contributed by atoms with Gasteiger partial charge in [0.25, 0.3) is 0 Å². The summed E-state index contributed by atoms with van der Waals surface area (Å²) >= 11 is 0. The molecule has 17 heavy (non-hydrogen) atoms. The van der Waals surface area contributed by atoms with E-state index < -0.39 is 5.97 Å². The van der Waals surface area contributed by atoms with Crippen molar-refractivity contribution in [3.05, 3.63) is 29.8 Å². The van der Waals surface area contributed by atoms with Gasteiger partial charge in [0, 0.05) is 0 Å². The van der Waals surface area contributed by atoms with Crippen molar-refractivity contribution in [2.75, 3.05) is 13.2 Å². The average molecular weight is 235 g/mol. The van der Waals surface area contributed by atoms with Crippen molar-refractivity contribution in [3.8, 4) is 11.5 Å². The van der Waals surface area contributed by atoms with Crippen LogP contribution in [0, 0.1) is 0 Å². The summed E-state index contributed by atoms with van der Waals surface area (Å²) in [7, 11) is 0. The maximum Gasteiger partial charge on any atom is 0.161 e. The lowest BCUT2D eigenvalue weighted by atomic mass is 10.2. The first-order valence-corrected chi connectivity index (χ1v) is 5.46. The van der Waals surface area contributed by atoms with E-state index in [1.54, 1.807) is 18.2 Å². The quantitative estimate of drug-likeness (QED) is 0.696. The standard InChI is InChI=1S/C13H16O4/c1-3-16-11-7-5-10(6-8-13(14)15)9-12(11)17-4-2/h5-9H,3-4H2,1-2H3,(H,14,15)/p-1/b8-6+. The highest BCUT2D eigenvalue weighted by Gasteiger charge is 2.04. The number of aliphatic carboxylic acids is 1. The van der Waals surface area contributed by atoms with Gasteiger partial charge in [-0.25, -0.2) is 0 Å². The highest BCUT2D eigenvalue weighted by molar-refractivity contribution is 5.83. The Morgan fingerprint density at radius 2 is 1.88 bits per heavy atom. The molecule has 0 amide bonds. The highest BCUT2D eigenvalue weighted by Crippen LogP contribution is 2.28. The van der Waals surface area contributed by atoms with Crippen LogP contribution in [0.25, 0.3) is 6.08 Å². The van der Waals surface area contributed by atoms with Gasteiger partial charge in [-0.15, -0.1) is 0 Å². The van der Waals surface area contributed by atoms with Crippen LogP contribution >= 0.6 is 0 Å². The van der Waals surface area contributed by atoms with Crippen LogP contribution in [0.4, 0.5) is 0 Å². The largest absolute Gasteiger partial charge is 0.545 e. The molecule has 4 heteroatoms. The molecule has 0 aliphatic carbocycles. The minimum absolute atomic E-state index is 0.522. The fourth-order valence-corrected chi connectivity index (χ4v) is 1.34. The Hall–Kier alpha value is -1.97. The van der Waals surface area contributed by atoms with E-state index in [2.05, 4.69) is 0 Å². The molecule has 1 aromatic rings. The van der Waals surface area contributed by atoms with Gasteiger partial charge in [-0.3, -0.25) is 0 Å². The first-order valence-electron chi connectivity index (χ1n) is 5.46. The molecule has 0 N–H and O–H groups in total. The fraction of sp³-hybridized carbons (Fsp3) is 0.308. The van der Waals surface area contributed by atoms with E-state index in [1.807, 2.05) is 13.8 Å². The number of rotatable bonds is 6. The van der Waals surface area contributed by atoms with Gasteiger partial charge in [0.1, 0.15) is 0 Å². The Bertz CT molecular complexity index is 410. The molecule has 0 atom stereocenters. The van der Waals surface area contributed by atoms with Gasteiger partial charge in [0.2, 0.25) is 0 Å². The Kier molecular flexibility index (Phi) is 5.07. The number of carboxylic acids is 1. The molecule has 0 aromatic heterocycles. The lowest BCUT2D eigenvalue weighted by Crippen LogP contribution is -2.18. The monoisotopic (exact) mass is 235 g/mol. The van der Waals surface area contributed by atoms with Crippen LogP contribution in [0.3, 0.4) is 0 Å². The molecule has 0 fully saturated rings. The molecule has 0 saturated carbocycles. The minimum Gasteiger partial charge on any atom is -0.545 e. The number of hydrogen-bond acceptors (Lipinski definition) is 4. The molecule has 0 heterocycles. The van der Waals surface area contributed by atoms with E-state index in [4.69, 9.17) is 9.47 Å². The van der Waals surface area contributed by atoms with Crippen molar-refractivity contribution in [3.63, 3.8) is 0 Å². The summed E-state index contributed by atoms with van der Waals surface area (Å²) in [5.41, 5.74) is 0.723. The van der Waals surface area contributed by atoms with Crippen LogP contribution in [-0.2, 0) is 4.79 Å². The lowest BCUT2D eigenvalue weighted by molar-refractivity contribution is -0.297. The summed E-state index contributed by atoms with van der Waals surface area (Å²) in [6.07, 6.45) is 2.43. The van der Waals surface area contributed by atoms with Crippen molar-refractivity contribution >= 4 is 12.0 Å². The van der Waals surface area contributed by atoms with Crippen molar-refractivity contribution in [1.29, 1.82) is 0 Å². The number of carbonyl (C=O) groups is 1. The zero-order valence-corrected chi connectivity index (χ0v) is 9.93. The third kappa shape index (κ3) is 4.18. The SMILES string of the molecule is CCOc1ccc(/C=C/C(=O)[O-])cc1OCC. The Labute approximate surface area is 100 Å². The van der Waals surface area contributed by atoms with Crippen LogP contribution in [0.5, 0.6) is 11.5 Å². The topological polar surface area (TPSA) is 58.6 Å². The van der Waals surface area contributed by atoms with Crippen LogP contribution < -0.4 is 14.6 Å². The van der Waals surface area contributed by atoms with Gasteiger partial charge in [0.05, 0.1) is 19.2 Å². The first kappa shape index (κ1) is 13.1. The number of ether oxygens (including phenoxy) is 2. The molecule has 92 valence electrons. The summed E-state index contributed by atoms with van der Waals surface area (Å²) in [5, 5.41) is 10.3. The third-order valence-corrected chi connectivity index (χ3v) is 1.98. The summed E-state index contributed by atoms with van der Waals surface area (Å²) in [6, 6.07) is 5.24. The molecule has 0 aliphatic rings. The molecule has 0 aliphatic heterocycles. The summed E-state index contributed by atoms with van der Waals surface area (Å²) < 4.78 is 10.8. The number of hydrogen-bond donors (Lipinski definition) is 0. The highest BCUT2D eigenvalue weighted by atomic mass is 16.5. The zero-order chi connectivity index (χ0) is 12.7. The van der Waals surface area contributed by atoms with Crippen LogP contribution in [-0.4, -0.2) is 19.2 Å². The Balaban J connectivity index is 2.95. The lowest BCUT2D eigenvalue weighted by Gasteiger charge is -2.11. The predicted molar refractivity (Wildman–Crippen MR) is 62.8 cm³/mol. The second-order valence-corrected chi connectivity index (χ2v) is 3.22. The molecule has 4 nitrogen and oxygen atoms in total. The van der Waals surface area contributed by atoms with Gasteiger partial charge in [-0.1, -0.05) is 12.1 Å². The van der Waals surface area contributed by atoms with E-state index in [0.717, 1.165) is 11.6 Å². The van der Waals surface area contributed by atoms with E-state index in [-0.39, 0.29) is 0 Å². The number of carbonyl (C=O) groups excluding carboxylic acids is 1. The van der Waals surface area contributed by atoms with Crippen molar-refractivity contribution < 1.29 is 19.4 Å². The van der Waals surface area contributed by atoms with Crippen molar-refractivity contribution in [2.45, 2.75) is 13.8 Å². The molecular weight excluding hydrogens is 220 g/mol. The van der Waals surface area contributed by atoms with Crippen LogP contribution in [0.1, 0.15) is 19.4 Å². The predicted octanol–water partition coefficient (Wildman–Crippen LogP) is 1.25. The van der Waals surface area contributed by atoms with Gasteiger partial charge >= 0.3 is 0 Å². The third-order valence-electron chi connectivity index (χ3n) is 1.98. The van der Waals surface area contributed by atoms with E-state index in [0.29, 0.717) is 24.7 Å². The minimum atomic E-state index is -1.23. The fourth-order valence-electron chi connectivity index (χ4n) is 1.34. The smallest absolute Gasteiger partial charge is 0.161 e. The average Bonchev–Trinajstić information content (AvgIpc) is 2.30. The second-order valence-electron chi connectivity index (χ2n) is 3.22. The molecule has 0 bridgehead atoms. The van der Waals surface area contributed by atoms with Gasteiger partial charge < -0.3 is 19.4 Å². The number of benzene rings is 1. The first-order chi connectivity index (χ1) is 8.17. The molecule has 0 saturated heterocycles. The van der Waals surface area contributed by atoms with Crippen molar-refractivity contribution in [2.24, 2.45) is 0 Å². The normalized spacial score (nSPS) is 10.5. The van der Waals surface area contributed by atoms with Crippen LogP contribution in [0.2, 0.25) is 0 Å². The van der Waals surface area contributed by atoms with E-state index >= 15 is 0 Å². The summed E-state index contributed by atoms with van der Waals surface area (Å²) in [5.74, 6) is 0.0339. The summed E-state index contributed by atoms with van der Waals surface area (Å²) in [4.78, 5) is 10.3. The number of carboxylic acid groups (broad SMARTS) is 1. The van der Waals surface area contributed by atoms with Gasteiger partial charge in [0.15, 0.2) is 11.5 Å². The molecule has 0 unspecified atom stereocenters. The maximum absolute atomic E-state index is 10.3. The zero-order valence-electron chi connectivity index (χ0n) is 9.93. The van der Waals surface area contributed by atoms with E-state index in [1.165, 1.54) is 6.08 Å². The maximum atomic E-state index is 10.3. The molecule has 1 aromatic carbocycles. The molecular formula is C13H15O4-. The Morgan fingerprint density at radius 1 is 1.24 bits per heavy atom. The second kappa shape index (κ2) is 6.58. The molecule has 0 spiro atoms.